The number of hydrogen-bond donors (Lipinski definition) is 0. The highest BCUT2D eigenvalue weighted by Crippen LogP contribution is 2.26. The van der Waals surface area contributed by atoms with E-state index in [1.165, 1.54) is 24.3 Å². The number of aromatic nitrogens is 2. The molecule has 126 valence electrons. The Labute approximate surface area is 146 Å². The molecule has 0 amide bonds. The van der Waals surface area contributed by atoms with Gasteiger partial charge in [0, 0.05) is 35.0 Å². The minimum absolute atomic E-state index is 0.0116. The number of benzene rings is 2. The van der Waals surface area contributed by atoms with Crippen molar-refractivity contribution < 1.29 is 9.85 Å². The second-order valence-corrected chi connectivity index (χ2v) is 5.66. The number of nitrogens with zero attached hydrogens (tertiary/aromatic N) is 4. The van der Waals surface area contributed by atoms with Crippen molar-refractivity contribution in [1.29, 1.82) is 0 Å². The summed E-state index contributed by atoms with van der Waals surface area (Å²) in [5, 5.41) is 23.0. The van der Waals surface area contributed by atoms with E-state index >= 15 is 0 Å². The third kappa shape index (κ3) is 2.69. The quantitative estimate of drug-likeness (QED) is 0.404. The molecule has 8 heteroatoms. The van der Waals surface area contributed by atoms with Gasteiger partial charge in [0.25, 0.3) is 11.4 Å². The Balaban J connectivity index is 1.78. The van der Waals surface area contributed by atoms with Crippen LogP contribution in [0, 0.1) is 20.2 Å². The Morgan fingerprint density at radius 1 is 0.615 bits per heavy atom. The molecule has 2 aromatic carbocycles. The lowest BCUT2D eigenvalue weighted by Gasteiger charge is -2.05. The van der Waals surface area contributed by atoms with E-state index in [0.29, 0.717) is 33.2 Å². The van der Waals surface area contributed by atoms with Gasteiger partial charge in [-0.3, -0.25) is 20.2 Å². The molecule has 0 aliphatic rings. The molecule has 4 aromatic rings. The van der Waals surface area contributed by atoms with Crippen LogP contribution in [0.15, 0.2) is 60.7 Å². The Kier molecular flexibility index (Phi) is 3.51. The standard InChI is InChI=1S/C18H10N4O4/c23-21(24)13-3-7-15-11(9-13)1-5-17(19-15)18-6-2-12-10-14(22(25)26)4-8-16(12)20-18/h1-10H. The monoisotopic (exact) mass is 346 g/mol. The van der Waals surface area contributed by atoms with E-state index in [9.17, 15) is 20.2 Å². The molecule has 0 N–H and O–H groups in total. The van der Waals surface area contributed by atoms with Crippen molar-refractivity contribution in [1.82, 2.24) is 9.97 Å². The van der Waals surface area contributed by atoms with Crippen LogP contribution >= 0.6 is 0 Å². The highest BCUT2D eigenvalue weighted by atomic mass is 16.6. The van der Waals surface area contributed by atoms with Crippen molar-refractivity contribution in [2.24, 2.45) is 0 Å². The topological polar surface area (TPSA) is 112 Å². The van der Waals surface area contributed by atoms with E-state index in [2.05, 4.69) is 9.97 Å². The molecule has 4 rings (SSSR count). The first-order valence-electron chi connectivity index (χ1n) is 7.62. The van der Waals surface area contributed by atoms with Crippen LogP contribution in [0.1, 0.15) is 0 Å². The van der Waals surface area contributed by atoms with Gasteiger partial charge in [0.1, 0.15) is 0 Å². The number of pyridine rings is 2. The van der Waals surface area contributed by atoms with E-state index in [1.54, 1.807) is 36.4 Å². The van der Waals surface area contributed by atoms with Crippen LogP contribution < -0.4 is 0 Å². The van der Waals surface area contributed by atoms with Crippen molar-refractivity contribution in [2.75, 3.05) is 0 Å². The predicted molar refractivity (Wildman–Crippen MR) is 95.8 cm³/mol. The van der Waals surface area contributed by atoms with Crippen LogP contribution in [0.2, 0.25) is 0 Å². The van der Waals surface area contributed by atoms with Gasteiger partial charge in [0.05, 0.1) is 32.3 Å². The number of nitro groups is 2. The molecule has 0 radical (unpaired) electrons. The fraction of sp³-hybridized carbons (Fsp3) is 0. The Morgan fingerprint density at radius 3 is 1.42 bits per heavy atom. The number of rotatable bonds is 3. The Bertz CT molecular complexity index is 1110. The minimum Gasteiger partial charge on any atom is -0.258 e. The summed E-state index contributed by atoms with van der Waals surface area (Å²) in [4.78, 5) is 29.8. The largest absolute Gasteiger partial charge is 0.270 e. The SMILES string of the molecule is O=[N+]([O-])c1ccc2nc(-c3ccc4cc([N+](=O)[O-])ccc4n3)ccc2c1. The Hall–Kier alpha value is -3.94. The summed E-state index contributed by atoms with van der Waals surface area (Å²) >= 11 is 0. The number of nitro benzene ring substituents is 2. The zero-order chi connectivity index (χ0) is 18.3. The van der Waals surface area contributed by atoms with Gasteiger partial charge >= 0.3 is 0 Å². The van der Waals surface area contributed by atoms with Gasteiger partial charge in [-0.15, -0.1) is 0 Å². The zero-order valence-corrected chi connectivity index (χ0v) is 13.2. The lowest BCUT2D eigenvalue weighted by atomic mass is 10.1. The van der Waals surface area contributed by atoms with Gasteiger partial charge in [-0.05, 0) is 24.3 Å². The van der Waals surface area contributed by atoms with E-state index < -0.39 is 9.85 Å². The average molecular weight is 346 g/mol. The van der Waals surface area contributed by atoms with Crippen molar-refractivity contribution in [2.45, 2.75) is 0 Å². The van der Waals surface area contributed by atoms with Crippen molar-refractivity contribution in [3.63, 3.8) is 0 Å². The van der Waals surface area contributed by atoms with Gasteiger partial charge in [0.15, 0.2) is 0 Å². The number of hydrogen-bond acceptors (Lipinski definition) is 6. The number of non-ortho nitro benzene ring substituents is 2. The number of fused-ring (bicyclic) bond motifs is 2. The zero-order valence-electron chi connectivity index (χ0n) is 13.2. The maximum Gasteiger partial charge on any atom is 0.270 e. The summed E-state index contributed by atoms with van der Waals surface area (Å²) in [5.41, 5.74) is 2.51. The summed E-state index contributed by atoms with van der Waals surface area (Å²) in [6.45, 7) is 0. The molecule has 0 aliphatic carbocycles. The normalized spacial score (nSPS) is 10.9. The molecule has 26 heavy (non-hydrogen) atoms. The van der Waals surface area contributed by atoms with Crippen molar-refractivity contribution >= 4 is 33.2 Å². The van der Waals surface area contributed by atoms with E-state index in [4.69, 9.17) is 0 Å². The van der Waals surface area contributed by atoms with Gasteiger partial charge in [-0.1, -0.05) is 12.1 Å². The van der Waals surface area contributed by atoms with Crippen molar-refractivity contribution in [3.05, 3.63) is 80.9 Å². The summed E-state index contributed by atoms with van der Waals surface area (Å²) in [6, 6.07) is 16.0. The molecule has 0 spiro atoms. The maximum absolute atomic E-state index is 10.9. The summed E-state index contributed by atoms with van der Waals surface area (Å²) in [6.07, 6.45) is 0. The molecule has 0 bridgehead atoms. The second-order valence-electron chi connectivity index (χ2n) is 5.66. The third-order valence-corrected chi connectivity index (χ3v) is 4.03. The van der Waals surface area contributed by atoms with E-state index in [1.807, 2.05) is 0 Å². The van der Waals surface area contributed by atoms with Crippen LogP contribution in [0.4, 0.5) is 11.4 Å². The second kappa shape index (κ2) is 5.85. The van der Waals surface area contributed by atoms with Gasteiger partial charge < -0.3 is 0 Å². The molecule has 0 aliphatic heterocycles. The average Bonchev–Trinajstić information content (AvgIpc) is 2.66. The first-order chi connectivity index (χ1) is 12.5. The van der Waals surface area contributed by atoms with Gasteiger partial charge in [0.2, 0.25) is 0 Å². The lowest BCUT2D eigenvalue weighted by molar-refractivity contribution is -0.384. The first-order valence-corrected chi connectivity index (χ1v) is 7.62. The van der Waals surface area contributed by atoms with E-state index in [-0.39, 0.29) is 11.4 Å². The minimum atomic E-state index is -0.447. The molecular weight excluding hydrogens is 336 g/mol. The highest BCUT2D eigenvalue weighted by Gasteiger charge is 2.10. The van der Waals surface area contributed by atoms with Crippen molar-refractivity contribution in [3.8, 4) is 11.4 Å². The first kappa shape index (κ1) is 15.6. The van der Waals surface area contributed by atoms with Crippen LogP contribution in [0.3, 0.4) is 0 Å². The van der Waals surface area contributed by atoms with Gasteiger partial charge in [-0.2, -0.15) is 0 Å². The molecule has 0 unspecified atom stereocenters. The lowest BCUT2D eigenvalue weighted by Crippen LogP contribution is -1.92. The third-order valence-electron chi connectivity index (χ3n) is 4.03. The molecule has 2 aromatic heterocycles. The van der Waals surface area contributed by atoms with Gasteiger partial charge in [-0.25, -0.2) is 9.97 Å². The van der Waals surface area contributed by atoms with Crippen LogP contribution in [0.5, 0.6) is 0 Å². The van der Waals surface area contributed by atoms with Crippen LogP contribution in [-0.4, -0.2) is 19.8 Å². The molecule has 0 saturated heterocycles. The Morgan fingerprint density at radius 2 is 1.04 bits per heavy atom. The van der Waals surface area contributed by atoms with E-state index in [0.717, 1.165) is 0 Å². The molecule has 8 nitrogen and oxygen atoms in total. The molecule has 2 heterocycles. The summed E-state index contributed by atoms with van der Waals surface area (Å²) in [7, 11) is 0. The van der Waals surface area contributed by atoms with Crippen LogP contribution in [-0.2, 0) is 0 Å². The highest BCUT2D eigenvalue weighted by molar-refractivity contribution is 5.86. The molecule has 0 saturated carbocycles. The fourth-order valence-corrected chi connectivity index (χ4v) is 2.74. The fourth-order valence-electron chi connectivity index (χ4n) is 2.74. The maximum atomic E-state index is 10.9. The molecular formula is C18H10N4O4. The summed E-state index contributed by atoms with van der Waals surface area (Å²) < 4.78 is 0. The summed E-state index contributed by atoms with van der Waals surface area (Å²) in [5.74, 6) is 0. The molecule has 0 fully saturated rings. The predicted octanol–water partition coefficient (Wildman–Crippen LogP) is 4.27. The van der Waals surface area contributed by atoms with Crippen LogP contribution in [0.25, 0.3) is 33.2 Å². The molecule has 0 atom stereocenters. The smallest absolute Gasteiger partial charge is 0.258 e.